The van der Waals surface area contributed by atoms with Crippen LogP contribution in [0, 0.1) is 12.3 Å². The maximum atomic E-state index is 12.4. The summed E-state index contributed by atoms with van der Waals surface area (Å²) in [5, 5.41) is 1.09. The lowest BCUT2D eigenvalue weighted by molar-refractivity contribution is 0.544. The zero-order chi connectivity index (χ0) is 15.5. The Morgan fingerprint density at radius 1 is 1.38 bits per heavy atom. The van der Waals surface area contributed by atoms with Crippen molar-refractivity contribution in [1.82, 2.24) is 9.71 Å². The number of sulfonamides is 1. The number of terminal acetylenes is 1. The fourth-order valence-corrected chi connectivity index (χ4v) is 3.45. The Bertz CT molecular complexity index is 797. The maximum absolute atomic E-state index is 12.4. The van der Waals surface area contributed by atoms with Gasteiger partial charge in [0.1, 0.15) is 5.15 Å². The van der Waals surface area contributed by atoms with Gasteiger partial charge in [0.05, 0.1) is 10.4 Å². The van der Waals surface area contributed by atoms with Crippen molar-refractivity contribution in [3.05, 3.63) is 35.5 Å². The standard InChI is InChI=1S/C15H15ClN2O2S/c1-3-5-12(4-2)18-21(19,20)13-7-8-14-11(10-13)6-9-15(16)17-14/h1,6-10,12,18H,4-5H2,2H3. The van der Waals surface area contributed by atoms with Crippen LogP contribution in [0.3, 0.4) is 0 Å². The van der Waals surface area contributed by atoms with E-state index >= 15 is 0 Å². The minimum absolute atomic E-state index is 0.189. The van der Waals surface area contributed by atoms with Crippen LogP contribution in [0.2, 0.25) is 5.15 Å². The molecule has 1 aromatic carbocycles. The molecule has 21 heavy (non-hydrogen) atoms. The summed E-state index contributed by atoms with van der Waals surface area (Å²) in [7, 11) is -3.60. The summed E-state index contributed by atoms with van der Waals surface area (Å²) < 4.78 is 27.3. The highest BCUT2D eigenvalue weighted by Gasteiger charge is 2.18. The van der Waals surface area contributed by atoms with Crippen LogP contribution in [0.5, 0.6) is 0 Å². The van der Waals surface area contributed by atoms with E-state index in [-0.39, 0.29) is 10.9 Å². The number of nitrogens with one attached hydrogen (secondary N) is 1. The molecule has 2 rings (SSSR count). The smallest absolute Gasteiger partial charge is 0.236 e. The van der Waals surface area contributed by atoms with Gasteiger partial charge in [-0.05, 0) is 36.8 Å². The summed E-state index contributed by atoms with van der Waals surface area (Å²) in [5.41, 5.74) is 0.650. The highest BCUT2D eigenvalue weighted by molar-refractivity contribution is 7.89. The van der Waals surface area contributed by atoms with Gasteiger partial charge in [-0.15, -0.1) is 12.3 Å². The van der Waals surface area contributed by atoms with Crippen LogP contribution in [0.1, 0.15) is 19.8 Å². The predicted molar refractivity (Wildman–Crippen MR) is 84.6 cm³/mol. The van der Waals surface area contributed by atoms with Crippen molar-refractivity contribution in [2.24, 2.45) is 0 Å². The molecule has 1 N–H and O–H groups in total. The van der Waals surface area contributed by atoms with Crippen LogP contribution in [0.15, 0.2) is 35.2 Å². The fraction of sp³-hybridized carbons (Fsp3) is 0.267. The molecule has 0 amide bonds. The third kappa shape index (κ3) is 3.73. The molecule has 0 bridgehead atoms. The van der Waals surface area contributed by atoms with Crippen LogP contribution < -0.4 is 4.72 Å². The van der Waals surface area contributed by atoms with E-state index in [1.54, 1.807) is 24.3 Å². The number of fused-ring (bicyclic) bond motifs is 1. The van der Waals surface area contributed by atoms with E-state index in [2.05, 4.69) is 15.6 Å². The number of nitrogens with zero attached hydrogens (tertiary/aromatic N) is 1. The monoisotopic (exact) mass is 322 g/mol. The normalized spacial score (nSPS) is 13.0. The molecule has 2 aromatic rings. The Balaban J connectivity index is 2.36. The first-order valence-corrected chi connectivity index (χ1v) is 8.34. The molecular weight excluding hydrogens is 308 g/mol. The first-order chi connectivity index (χ1) is 9.96. The Morgan fingerprint density at radius 2 is 2.14 bits per heavy atom. The summed E-state index contributed by atoms with van der Waals surface area (Å²) in [6, 6.07) is 7.82. The van der Waals surface area contributed by atoms with Gasteiger partial charge in [-0.3, -0.25) is 0 Å². The molecule has 0 spiro atoms. The zero-order valence-corrected chi connectivity index (χ0v) is 13.1. The van der Waals surface area contributed by atoms with Crippen molar-refractivity contribution < 1.29 is 8.42 Å². The zero-order valence-electron chi connectivity index (χ0n) is 11.5. The SMILES string of the molecule is C#CCC(CC)NS(=O)(=O)c1ccc2nc(Cl)ccc2c1. The average Bonchev–Trinajstić information content (AvgIpc) is 2.45. The molecule has 0 radical (unpaired) electrons. The topological polar surface area (TPSA) is 59.1 Å². The van der Waals surface area contributed by atoms with E-state index in [9.17, 15) is 8.42 Å². The van der Waals surface area contributed by atoms with Crippen molar-refractivity contribution in [2.45, 2.75) is 30.7 Å². The summed E-state index contributed by atoms with van der Waals surface area (Å²) in [6.45, 7) is 1.89. The van der Waals surface area contributed by atoms with Gasteiger partial charge in [0.2, 0.25) is 10.0 Å². The lowest BCUT2D eigenvalue weighted by Crippen LogP contribution is -2.34. The predicted octanol–water partition coefficient (Wildman–Crippen LogP) is 2.97. The van der Waals surface area contributed by atoms with E-state index in [1.165, 1.54) is 6.07 Å². The second kappa shape index (κ2) is 6.44. The molecule has 0 aliphatic rings. The molecule has 0 aliphatic carbocycles. The molecular formula is C15H15ClN2O2S. The van der Waals surface area contributed by atoms with Gasteiger partial charge in [0.25, 0.3) is 0 Å². The van der Waals surface area contributed by atoms with E-state index < -0.39 is 10.0 Å². The Labute approximate surface area is 129 Å². The molecule has 110 valence electrons. The lowest BCUT2D eigenvalue weighted by Gasteiger charge is -2.14. The molecule has 4 nitrogen and oxygen atoms in total. The quantitative estimate of drug-likeness (QED) is 0.680. The van der Waals surface area contributed by atoms with Crippen LogP contribution in [-0.2, 0) is 10.0 Å². The number of hydrogen-bond donors (Lipinski definition) is 1. The minimum Gasteiger partial charge on any atom is -0.236 e. The third-order valence-electron chi connectivity index (χ3n) is 3.12. The van der Waals surface area contributed by atoms with E-state index in [1.807, 2.05) is 6.92 Å². The highest BCUT2D eigenvalue weighted by Crippen LogP contribution is 2.20. The Kier molecular flexibility index (Phi) is 4.84. The average molecular weight is 323 g/mol. The molecule has 0 aliphatic heterocycles. The van der Waals surface area contributed by atoms with Crippen molar-refractivity contribution in [1.29, 1.82) is 0 Å². The number of benzene rings is 1. The summed E-state index contributed by atoms with van der Waals surface area (Å²) in [4.78, 5) is 4.32. The van der Waals surface area contributed by atoms with E-state index in [0.717, 1.165) is 0 Å². The Hall–Kier alpha value is -1.61. The summed E-state index contributed by atoms with van der Waals surface area (Å²) >= 11 is 5.81. The molecule has 0 saturated carbocycles. The number of halogens is 1. The van der Waals surface area contributed by atoms with Crippen molar-refractivity contribution >= 4 is 32.5 Å². The molecule has 6 heteroatoms. The largest absolute Gasteiger partial charge is 0.240 e. The molecule has 1 aromatic heterocycles. The molecule has 0 fully saturated rings. The fourth-order valence-electron chi connectivity index (χ4n) is 1.95. The lowest BCUT2D eigenvalue weighted by atomic mass is 10.2. The maximum Gasteiger partial charge on any atom is 0.240 e. The highest BCUT2D eigenvalue weighted by atomic mass is 35.5. The second-order valence-electron chi connectivity index (χ2n) is 4.62. The van der Waals surface area contributed by atoms with Gasteiger partial charge in [-0.1, -0.05) is 18.5 Å². The third-order valence-corrected chi connectivity index (χ3v) is 4.84. The van der Waals surface area contributed by atoms with E-state index in [0.29, 0.717) is 28.9 Å². The minimum atomic E-state index is -3.60. The molecule has 1 atom stereocenters. The van der Waals surface area contributed by atoms with Gasteiger partial charge < -0.3 is 0 Å². The van der Waals surface area contributed by atoms with Gasteiger partial charge in [-0.2, -0.15) is 0 Å². The van der Waals surface area contributed by atoms with Crippen LogP contribution in [0.4, 0.5) is 0 Å². The summed E-state index contributed by atoms with van der Waals surface area (Å²) in [5.74, 6) is 2.48. The number of rotatable bonds is 5. The van der Waals surface area contributed by atoms with Gasteiger partial charge in [0, 0.05) is 17.8 Å². The van der Waals surface area contributed by atoms with Crippen molar-refractivity contribution in [3.8, 4) is 12.3 Å². The second-order valence-corrected chi connectivity index (χ2v) is 6.72. The van der Waals surface area contributed by atoms with Crippen molar-refractivity contribution in [3.63, 3.8) is 0 Å². The van der Waals surface area contributed by atoms with Gasteiger partial charge >= 0.3 is 0 Å². The van der Waals surface area contributed by atoms with Crippen molar-refractivity contribution in [2.75, 3.05) is 0 Å². The first kappa shape index (κ1) is 15.8. The van der Waals surface area contributed by atoms with E-state index in [4.69, 9.17) is 18.0 Å². The first-order valence-electron chi connectivity index (χ1n) is 6.48. The number of aromatic nitrogens is 1. The van der Waals surface area contributed by atoms with Gasteiger partial charge in [0.15, 0.2) is 0 Å². The Morgan fingerprint density at radius 3 is 2.81 bits per heavy atom. The summed E-state index contributed by atoms with van der Waals surface area (Å²) in [6.07, 6.45) is 6.24. The van der Waals surface area contributed by atoms with Crippen LogP contribution >= 0.6 is 11.6 Å². The van der Waals surface area contributed by atoms with Crippen LogP contribution in [0.25, 0.3) is 10.9 Å². The molecule has 0 saturated heterocycles. The van der Waals surface area contributed by atoms with Crippen LogP contribution in [-0.4, -0.2) is 19.4 Å². The van der Waals surface area contributed by atoms with Gasteiger partial charge in [-0.25, -0.2) is 18.1 Å². The molecule has 1 unspecified atom stereocenters. The molecule has 1 heterocycles. The number of hydrogen-bond acceptors (Lipinski definition) is 3. The number of pyridine rings is 1.